The van der Waals surface area contributed by atoms with Crippen molar-refractivity contribution in [2.75, 3.05) is 14.1 Å². The van der Waals surface area contributed by atoms with E-state index in [-0.39, 0.29) is 11.6 Å². The number of ketones is 1. The first kappa shape index (κ1) is 16.6. The fourth-order valence-electron chi connectivity index (χ4n) is 1.60. The van der Waals surface area contributed by atoms with Gasteiger partial charge in [-0.2, -0.15) is 13.2 Å². The molecule has 0 bridgehead atoms. The molecule has 1 aromatic rings. The summed E-state index contributed by atoms with van der Waals surface area (Å²) >= 11 is 5.62. The zero-order chi connectivity index (χ0) is 15.5. The lowest BCUT2D eigenvalue weighted by Crippen LogP contribution is -2.45. The first-order valence-electron chi connectivity index (χ1n) is 5.59. The molecule has 8 heteroatoms. The Balaban J connectivity index is 2.92. The number of alkyl halides is 3. The minimum Gasteiger partial charge on any atom is -0.301 e. The Kier molecular flexibility index (Phi) is 5.24. The fourth-order valence-corrected chi connectivity index (χ4v) is 1.71. The average Bonchev–Trinajstić information content (AvgIpc) is 2.35. The van der Waals surface area contributed by atoms with Crippen molar-refractivity contribution >= 4 is 23.1 Å². The van der Waals surface area contributed by atoms with Gasteiger partial charge in [-0.3, -0.25) is 10.2 Å². The topological polar surface area (TPSA) is 57.1 Å². The van der Waals surface area contributed by atoms with Crippen LogP contribution >= 0.6 is 11.6 Å². The molecule has 0 aliphatic rings. The molecule has 0 radical (unpaired) electrons. The number of halogens is 4. The van der Waals surface area contributed by atoms with E-state index >= 15 is 0 Å². The van der Waals surface area contributed by atoms with E-state index in [2.05, 4.69) is 4.98 Å². The van der Waals surface area contributed by atoms with Gasteiger partial charge in [-0.15, -0.1) is 0 Å². The summed E-state index contributed by atoms with van der Waals surface area (Å²) in [5.74, 6) is -2.13. The molecule has 1 aromatic heterocycles. The normalized spacial score (nSPS) is 13.3. The van der Waals surface area contributed by atoms with E-state index in [4.69, 9.17) is 17.0 Å². The molecule has 0 aliphatic heterocycles. The van der Waals surface area contributed by atoms with Gasteiger partial charge in [0.1, 0.15) is 10.9 Å². The zero-order valence-electron chi connectivity index (χ0n) is 10.8. The van der Waals surface area contributed by atoms with Gasteiger partial charge in [0.05, 0.1) is 6.04 Å². The van der Waals surface area contributed by atoms with E-state index in [0.717, 1.165) is 0 Å². The number of nitrogens with one attached hydrogen (secondary N) is 1. The number of likely N-dealkylation sites (N-methyl/N-ethyl adjacent to an activating group) is 1. The molecular weight excluding hydrogens is 295 g/mol. The van der Waals surface area contributed by atoms with E-state index in [1.165, 1.54) is 31.3 Å². The standard InChI is InChI=1S/C12H13ClF3N3O/c1-19(2)8(10(17)11(20)12(14,15)16)5-7-3-4-9(13)18-6-7/h3-4,6,8,17H,5H2,1-2H3. The molecule has 0 fully saturated rings. The fraction of sp³-hybridized carbons (Fsp3) is 0.417. The van der Waals surface area contributed by atoms with Crippen LogP contribution in [0, 0.1) is 5.41 Å². The van der Waals surface area contributed by atoms with Crippen LogP contribution in [0.4, 0.5) is 13.2 Å². The molecule has 0 saturated heterocycles. The van der Waals surface area contributed by atoms with Crippen LogP contribution in [0.15, 0.2) is 18.3 Å². The quantitative estimate of drug-likeness (QED) is 0.671. The van der Waals surface area contributed by atoms with E-state index in [1.807, 2.05) is 0 Å². The lowest BCUT2D eigenvalue weighted by atomic mass is 9.99. The van der Waals surface area contributed by atoms with Crippen LogP contribution in [-0.2, 0) is 11.2 Å². The molecule has 1 unspecified atom stereocenters. The van der Waals surface area contributed by atoms with Crippen LogP contribution < -0.4 is 0 Å². The van der Waals surface area contributed by atoms with Crippen molar-refractivity contribution in [3.8, 4) is 0 Å². The Hall–Kier alpha value is -1.47. The molecule has 0 aliphatic carbocycles. The predicted octanol–water partition coefficient (Wildman–Crippen LogP) is 2.36. The summed E-state index contributed by atoms with van der Waals surface area (Å²) in [6, 6.07) is 2.11. The van der Waals surface area contributed by atoms with Gasteiger partial charge in [-0.25, -0.2) is 4.98 Å². The number of Topliss-reactive ketones (excluding diaryl/α,β-unsaturated/α-hetero) is 1. The molecule has 0 aromatic carbocycles. The van der Waals surface area contributed by atoms with E-state index in [0.29, 0.717) is 5.56 Å². The van der Waals surface area contributed by atoms with Gasteiger partial charge < -0.3 is 4.90 Å². The van der Waals surface area contributed by atoms with Crippen LogP contribution in [0.25, 0.3) is 0 Å². The molecule has 110 valence electrons. The molecule has 0 amide bonds. The second kappa shape index (κ2) is 6.32. The second-order valence-corrected chi connectivity index (χ2v) is 4.80. The largest absolute Gasteiger partial charge is 0.456 e. The maximum absolute atomic E-state index is 12.4. The third kappa shape index (κ3) is 4.28. The van der Waals surface area contributed by atoms with Crippen molar-refractivity contribution < 1.29 is 18.0 Å². The molecule has 0 saturated carbocycles. The number of hydrogen-bond donors (Lipinski definition) is 1. The van der Waals surface area contributed by atoms with Gasteiger partial charge in [-0.1, -0.05) is 17.7 Å². The van der Waals surface area contributed by atoms with Gasteiger partial charge in [-0.05, 0) is 32.1 Å². The Labute approximate surface area is 119 Å². The second-order valence-electron chi connectivity index (χ2n) is 4.41. The summed E-state index contributed by atoms with van der Waals surface area (Å²) in [6.07, 6.45) is -3.56. The third-order valence-electron chi connectivity index (χ3n) is 2.68. The molecule has 1 rings (SSSR count). The van der Waals surface area contributed by atoms with Gasteiger partial charge in [0.15, 0.2) is 0 Å². The number of rotatable bonds is 5. The van der Waals surface area contributed by atoms with Gasteiger partial charge in [0, 0.05) is 6.20 Å². The van der Waals surface area contributed by atoms with Gasteiger partial charge in [0.25, 0.3) is 5.78 Å². The summed E-state index contributed by atoms with van der Waals surface area (Å²) in [6.45, 7) is 0. The van der Waals surface area contributed by atoms with Crippen LogP contribution in [-0.4, -0.2) is 47.7 Å². The number of carbonyl (C=O) groups excluding carboxylic acids is 1. The highest BCUT2D eigenvalue weighted by atomic mass is 35.5. The third-order valence-corrected chi connectivity index (χ3v) is 2.90. The smallest absolute Gasteiger partial charge is 0.301 e. The molecule has 20 heavy (non-hydrogen) atoms. The van der Waals surface area contributed by atoms with Crippen molar-refractivity contribution in [1.29, 1.82) is 5.41 Å². The van der Waals surface area contributed by atoms with Gasteiger partial charge in [0.2, 0.25) is 0 Å². The van der Waals surface area contributed by atoms with Crippen molar-refractivity contribution in [3.63, 3.8) is 0 Å². The van der Waals surface area contributed by atoms with Crippen LogP contribution in [0.1, 0.15) is 5.56 Å². The van der Waals surface area contributed by atoms with Crippen molar-refractivity contribution in [3.05, 3.63) is 29.0 Å². The van der Waals surface area contributed by atoms with Crippen LogP contribution in [0.2, 0.25) is 5.15 Å². The number of carbonyl (C=O) groups is 1. The summed E-state index contributed by atoms with van der Waals surface area (Å²) in [4.78, 5) is 16.3. The minimum atomic E-state index is -5.04. The Morgan fingerprint density at radius 3 is 2.45 bits per heavy atom. The average molecular weight is 308 g/mol. The number of hydrogen-bond acceptors (Lipinski definition) is 4. The Morgan fingerprint density at radius 2 is 2.05 bits per heavy atom. The summed E-state index contributed by atoms with van der Waals surface area (Å²) in [5.41, 5.74) is -0.398. The minimum absolute atomic E-state index is 0.0673. The Bertz CT molecular complexity index is 500. The zero-order valence-corrected chi connectivity index (χ0v) is 11.6. The highest BCUT2D eigenvalue weighted by molar-refractivity contribution is 6.42. The van der Waals surface area contributed by atoms with E-state index in [1.54, 1.807) is 6.07 Å². The SMILES string of the molecule is CN(C)C(Cc1ccc(Cl)nc1)C(=N)C(=O)C(F)(F)F. The summed E-state index contributed by atoms with van der Waals surface area (Å²) < 4.78 is 37.1. The van der Waals surface area contributed by atoms with Crippen molar-refractivity contribution in [2.45, 2.75) is 18.6 Å². The highest BCUT2D eigenvalue weighted by Gasteiger charge is 2.43. The highest BCUT2D eigenvalue weighted by Crippen LogP contribution is 2.19. The lowest BCUT2D eigenvalue weighted by Gasteiger charge is -2.24. The van der Waals surface area contributed by atoms with Gasteiger partial charge >= 0.3 is 6.18 Å². The predicted molar refractivity (Wildman–Crippen MR) is 69.2 cm³/mol. The summed E-state index contributed by atoms with van der Waals surface area (Å²) in [5, 5.41) is 7.73. The molecule has 1 N–H and O–H groups in total. The van der Waals surface area contributed by atoms with Crippen molar-refractivity contribution in [1.82, 2.24) is 9.88 Å². The number of nitrogens with zero attached hydrogens (tertiary/aromatic N) is 2. The van der Waals surface area contributed by atoms with Crippen molar-refractivity contribution in [2.24, 2.45) is 0 Å². The molecule has 4 nitrogen and oxygen atoms in total. The molecular formula is C12H13ClF3N3O. The van der Waals surface area contributed by atoms with E-state index < -0.39 is 23.7 Å². The molecule has 1 heterocycles. The Morgan fingerprint density at radius 1 is 1.45 bits per heavy atom. The number of pyridine rings is 1. The first-order valence-corrected chi connectivity index (χ1v) is 5.97. The first-order chi connectivity index (χ1) is 9.12. The number of aromatic nitrogens is 1. The lowest BCUT2D eigenvalue weighted by molar-refractivity contribution is -0.163. The van der Waals surface area contributed by atoms with E-state index in [9.17, 15) is 18.0 Å². The molecule has 1 atom stereocenters. The monoisotopic (exact) mass is 307 g/mol. The molecule has 0 spiro atoms. The van der Waals surface area contributed by atoms with Crippen LogP contribution in [0.5, 0.6) is 0 Å². The van der Waals surface area contributed by atoms with Crippen LogP contribution in [0.3, 0.4) is 0 Å². The maximum Gasteiger partial charge on any atom is 0.456 e. The summed E-state index contributed by atoms with van der Waals surface area (Å²) in [7, 11) is 3.01. The maximum atomic E-state index is 12.4.